The molecule has 0 aliphatic rings. The highest BCUT2D eigenvalue weighted by molar-refractivity contribution is 7.89. The molecular weight excluding hydrogens is 306 g/mol. The van der Waals surface area contributed by atoms with Crippen LogP contribution in [0.2, 0.25) is 0 Å². The molecule has 0 aliphatic heterocycles. The quantitative estimate of drug-likeness (QED) is 0.804. The summed E-state index contributed by atoms with van der Waals surface area (Å²) >= 11 is 1.60. The summed E-state index contributed by atoms with van der Waals surface area (Å²) in [6.07, 6.45) is 3.48. The number of nitrogens with one attached hydrogen (secondary N) is 1. The minimum absolute atomic E-state index is 0.109. The molecule has 0 radical (unpaired) electrons. The highest BCUT2D eigenvalue weighted by atomic mass is 32.2. The van der Waals surface area contributed by atoms with Crippen LogP contribution in [0.5, 0.6) is 0 Å². The molecule has 110 valence electrons. The fourth-order valence-corrected chi connectivity index (χ4v) is 3.36. The highest BCUT2D eigenvalue weighted by Crippen LogP contribution is 2.11. The molecule has 0 aliphatic carbocycles. The summed E-state index contributed by atoms with van der Waals surface area (Å²) in [7, 11) is -3.57. The molecule has 3 N–H and O–H groups in total. The topological polar surface area (TPSA) is 85.1 Å². The van der Waals surface area contributed by atoms with E-state index in [4.69, 9.17) is 5.73 Å². The molecule has 0 spiro atoms. The van der Waals surface area contributed by atoms with E-state index < -0.39 is 10.0 Å². The van der Waals surface area contributed by atoms with E-state index in [9.17, 15) is 8.42 Å². The molecule has 0 saturated carbocycles. The van der Waals surface area contributed by atoms with Crippen molar-refractivity contribution in [2.75, 3.05) is 13.1 Å². The second kappa shape index (κ2) is 7.33. The summed E-state index contributed by atoms with van der Waals surface area (Å²) in [5.74, 6) is 5.44. The molecule has 2 aromatic heterocycles. The third kappa shape index (κ3) is 4.65. The van der Waals surface area contributed by atoms with Gasteiger partial charge in [0.1, 0.15) is 4.90 Å². The Labute approximate surface area is 128 Å². The van der Waals surface area contributed by atoms with Crippen LogP contribution in [0.3, 0.4) is 0 Å². The van der Waals surface area contributed by atoms with Gasteiger partial charge in [-0.05, 0) is 23.9 Å². The van der Waals surface area contributed by atoms with E-state index in [1.807, 2.05) is 17.5 Å². The molecule has 0 atom stereocenters. The highest BCUT2D eigenvalue weighted by Gasteiger charge is 2.14. The smallest absolute Gasteiger partial charge is 0.242 e. The van der Waals surface area contributed by atoms with Gasteiger partial charge in [-0.15, -0.1) is 11.3 Å². The van der Waals surface area contributed by atoms with Crippen LogP contribution >= 0.6 is 11.3 Å². The molecule has 0 aromatic carbocycles. The first-order chi connectivity index (χ1) is 10.1. The second-order valence-electron chi connectivity index (χ2n) is 4.14. The normalized spacial score (nSPS) is 10.9. The Balaban J connectivity index is 2.04. The monoisotopic (exact) mass is 321 g/mol. The molecule has 0 unspecified atom stereocenters. The molecule has 0 amide bonds. The minimum Gasteiger partial charge on any atom is -0.320 e. The first-order valence-electron chi connectivity index (χ1n) is 6.28. The van der Waals surface area contributed by atoms with Crippen molar-refractivity contribution in [1.29, 1.82) is 0 Å². The lowest BCUT2D eigenvalue weighted by Crippen LogP contribution is -2.26. The SMILES string of the molecule is NCC#Cc1cncc(S(=O)(=O)NCCc2cccs2)c1. The van der Waals surface area contributed by atoms with E-state index >= 15 is 0 Å². The molecule has 21 heavy (non-hydrogen) atoms. The Kier molecular flexibility index (Phi) is 5.47. The maximum atomic E-state index is 12.2. The predicted octanol–water partition coefficient (Wildman–Crippen LogP) is 0.974. The third-order valence-electron chi connectivity index (χ3n) is 2.60. The van der Waals surface area contributed by atoms with Gasteiger partial charge in [0.2, 0.25) is 10.0 Å². The lowest BCUT2D eigenvalue weighted by atomic mass is 10.3. The van der Waals surface area contributed by atoms with Crippen LogP contribution in [-0.4, -0.2) is 26.5 Å². The Bertz CT molecular complexity index is 744. The van der Waals surface area contributed by atoms with E-state index in [2.05, 4.69) is 21.5 Å². The third-order valence-corrected chi connectivity index (χ3v) is 4.97. The average molecular weight is 321 g/mol. The number of hydrogen-bond acceptors (Lipinski definition) is 5. The Hall–Kier alpha value is -1.72. The average Bonchev–Trinajstić information content (AvgIpc) is 2.98. The van der Waals surface area contributed by atoms with Crippen molar-refractivity contribution in [2.24, 2.45) is 5.73 Å². The maximum absolute atomic E-state index is 12.2. The molecule has 2 heterocycles. The molecule has 2 aromatic rings. The summed E-state index contributed by atoms with van der Waals surface area (Å²) in [4.78, 5) is 5.15. The number of nitrogens with zero attached hydrogens (tertiary/aromatic N) is 1. The molecule has 0 saturated heterocycles. The van der Waals surface area contributed by atoms with Crippen molar-refractivity contribution < 1.29 is 8.42 Å². The van der Waals surface area contributed by atoms with Crippen LogP contribution in [0.1, 0.15) is 10.4 Å². The van der Waals surface area contributed by atoms with Gasteiger partial charge in [-0.3, -0.25) is 4.98 Å². The number of thiophene rings is 1. The fraction of sp³-hybridized carbons (Fsp3) is 0.214. The molecule has 0 fully saturated rings. The molecular formula is C14H15N3O2S2. The van der Waals surface area contributed by atoms with Crippen LogP contribution in [-0.2, 0) is 16.4 Å². The zero-order valence-electron chi connectivity index (χ0n) is 11.2. The largest absolute Gasteiger partial charge is 0.320 e. The summed E-state index contributed by atoms with van der Waals surface area (Å²) in [5, 5.41) is 1.97. The van der Waals surface area contributed by atoms with Crippen LogP contribution in [0.25, 0.3) is 0 Å². The van der Waals surface area contributed by atoms with Gasteiger partial charge in [0.25, 0.3) is 0 Å². The van der Waals surface area contributed by atoms with Gasteiger partial charge >= 0.3 is 0 Å². The Morgan fingerprint density at radius 2 is 2.24 bits per heavy atom. The van der Waals surface area contributed by atoms with Crippen molar-refractivity contribution in [3.8, 4) is 11.8 Å². The molecule has 0 bridgehead atoms. The van der Waals surface area contributed by atoms with Crippen LogP contribution in [0.15, 0.2) is 40.9 Å². The van der Waals surface area contributed by atoms with Crippen molar-refractivity contribution >= 4 is 21.4 Å². The second-order valence-corrected chi connectivity index (χ2v) is 6.94. The van der Waals surface area contributed by atoms with Gasteiger partial charge in [0, 0.05) is 29.4 Å². The van der Waals surface area contributed by atoms with Gasteiger partial charge in [-0.1, -0.05) is 17.9 Å². The Morgan fingerprint density at radius 1 is 1.38 bits per heavy atom. The first kappa shape index (κ1) is 15.7. The lowest BCUT2D eigenvalue weighted by Gasteiger charge is -2.06. The van der Waals surface area contributed by atoms with Crippen molar-refractivity contribution in [3.05, 3.63) is 46.4 Å². The van der Waals surface area contributed by atoms with Crippen LogP contribution < -0.4 is 10.5 Å². The molecule has 2 rings (SSSR count). The van der Waals surface area contributed by atoms with Gasteiger partial charge in [-0.2, -0.15) is 0 Å². The maximum Gasteiger partial charge on any atom is 0.242 e. The van der Waals surface area contributed by atoms with E-state index in [1.165, 1.54) is 18.5 Å². The van der Waals surface area contributed by atoms with Crippen LogP contribution in [0, 0.1) is 11.8 Å². The van der Waals surface area contributed by atoms with Crippen molar-refractivity contribution in [1.82, 2.24) is 9.71 Å². The van der Waals surface area contributed by atoms with Gasteiger partial charge in [0.15, 0.2) is 0 Å². The molecule has 7 heteroatoms. The zero-order valence-corrected chi connectivity index (χ0v) is 12.9. The summed E-state index contributed by atoms with van der Waals surface area (Å²) in [6.45, 7) is 0.567. The standard InChI is InChI=1S/C14H15N3O2S2/c15-6-1-3-12-9-14(11-16-10-12)21(18,19)17-7-5-13-4-2-8-20-13/h2,4,8-11,17H,5-7,15H2. The predicted molar refractivity (Wildman–Crippen MR) is 83.4 cm³/mol. The minimum atomic E-state index is -3.57. The van der Waals surface area contributed by atoms with Gasteiger partial charge in [0.05, 0.1) is 6.54 Å². The van der Waals surface area contributed by atoms with Crippen molar-refractivity contribution in [3.63, 3.8) is 0 Å². The van der Waals surface area contributed by atoms with E-state index in [0.29, 0.717) is 18.5 Å². The first-order valence-corrected chi connectivity index (χ1v) is 8.64. The number of hydrogen-bond donors (Lipinski definition) is 2. The summed E-state index contributed by atoms with van der Waals surface area (Å²) in [5.41, 5.74) is 5.82. The zero-order chi connectivity index (χ0) is 15.1. The number of nitrogens with two attached hydrogens (primary N) is 1. The fourth-order valence-electron chi connectivity index (χ4n) is 1.63. The van der Waals surface area contributed by atoms with Gasteiger partial charge in [-0.25, -0.2) is 13.1 Å². The van der Waals surface area contributed by atoms with E-state index in [1.54, 1.807) is 11.3 Å². The summed E-state index contributed by atoms with van der Waals surface area (Å²) in [6, 6.07) is 5.41. The Morgan fingerprint density at radius 3 is 2.95 bits per heavy atom. The number of rotatable bonds is 5. The lowest BCUT2D eigenvalue weighted by molar-refractivity contribution is 0.581. The number of aromatic nitrogens is 1. The van der Waals surface area contributed by atoms with E-state index in [-0.39, 0.29) is 11.4 Å². The van der Waals surface area contributed by atoms with Gasteiger partial charge < -0.3 is 5.73 Å². The van der Waals surface area contributed by atoms with Crippen LogP contribution in [0.4, 0.5) is 0 Å². The summed E-state index contributed by atoms with van der Waals surface area (Å²) < 4.78 is 26.9. The van der Waals surface area contributed by atoms with E-state index in [0.717, 1.165) is 4.88 Å². The molecule has 5 nitrogen and oxygen atoms in total. The number of sulfonamides is 1. The van der Waals surface area contributed by atoms with Crippen molar-refractivity contribution in [2.45, 2.75) is 11.3 Å². The number of pyridine rings is 1.